The molecule has 95 heavy (non-hydrogen) atoms. The van der Waals surface area contributed by atoms with Gasteiger partial charge in [-0.25, -0.2) is 4.79 Å². The highest BCUT2D eigenvalue weighted by molar-refractivity contribution is 5.93. The van der Waals surface area contributed by atoms with E-state index in [0.717, 1.165) is 63.4 Å². The average Bonchev–Trinajstić information content (AvgIpc) is 1.63. The molecule has 12 aliphatic rings. The molecule has 3 aliphatic heterocycles. The van der Waals surface area contributed by atoms with E-state index in [4.69, 9.17) is 9.47 Å². The first-order valence-electron chi connectivity index (χ1n) is 38.1. The van der Waals surface area contributed by atoms with Crippen molar-refractivity contribution in [2.24, 2.45) is 73.9 Å². The highest BCUT2D eigenvalue weighted by Gasteiger charge is 2.80. The van der Waals surface area contributed by atoms with Crippen LogP contribution < -0.4 is 0 Å². The van der Waals surface area contributed by atoms with Crippen LogP contribution in [0.1, 0.15) is 232 Å². The van der Waals surface area contributed by atoms with Gasteiger partial charge in [0, 0.05) is 36.2 Å². The molecule has 498 valence electrons. The lowest BCUT2D eigenvalue weighted by Gasteiger charge is -2.72. The number of carbonyl (C=O) groups excluding carboxylic acids is 2. The van der Waals surface area contributed by atoms with Crippen molar-refractivity contribution in [1.29, 1.82) is 0 Å². The molecule has 5 aromatic carbocycles. The molecule has 9 aliphatic carbocycles. The number of ether oxygens (including phenoxy) is 2. The number of aliphatic hydroxyl groups excluding tert-OH is 2. The van der Waals surface area contributed by atoms with Gasteiger partial charge in [0.1, 0.15) is 12.7 Å². The second-order valence-electron chi connectivity index (χ2n) is 34.6. The van der Waals surface area contributed by atoms with Crippen LogP contribution in [0.5, 0.6) is 0 Å². The van der Waals surface area contributed by atoms with Crippen molar-refractivity contribution in [2.45, 2.75) is 241 Å². The number of cyclic esters (lactones) is 1. The van der Waals surface area contributed by atoms with Crippen LogP contribution >= 0.6 is 0 Å². The number of benzene rings is 5. The highest BCUT2D eigenvalue weighted by atomic mass is 16.5. The Bertz CT molecular complexity index is 3890. The molecule has 3 N–H and O–H groups in total. The minimum Gasteiger partial charge on any atom is -0.462 e. The van der Waals surface area contributed by atoms with E-state index >= 15 is 9.90 Å². The molecule has 0 amide bonds. The van der Waals surface area contributed by atoms with E-state index < -0.39 is 57.4 Å². The molecule has 7 saturated carbocycles. The molecular formula is C88H104O7. The van der Waals surface area contributed by atoms with Gasteiger partial charge in [-0.1, -0.05) is 185 Å². The van der Waals surface area contributed by atoms with Gasteiger partial charge in [-0.05, 0) is 249 Å². The molecule has 0 aromatic heterocycles. The van der Waals surface area contributed by atoms with Gasteiger partial charge in [0.25, 0.3) is 0 Å². The summed E-state index contributed by atoms with van der Waals surface area (Å²) in [6, 6.07) is 45.9. The summed E-state index contributed by atoms with van der Waals surface area (Å²) < 4.78 is 13.4. The van der Waals surface area contributed by atoms with Crippen molar-refractivity contribution in [3.05, 3.63) is 179 Å². The van der Waals surface area contributed by atoms with Crippen molar-refractivity contribution < 1.29 is 34.4 Å². The van der Waals surface area contributed by atoms with Crippen LogP contribution in [0.4, 0.5) is 0 Å². The molecule has 20 atom stereocenters. The van der Waals surface area contributed by atoms with Crippen LogP contribution in [0.25, 0.3) is 10.8 Å². The topological polar surface area (TPSA) is 113 Å². The lowest BCUT2D eigenvalue weighted by Crippen LogP contribution is -2.80. The molecule has 20 unspecified atom stereocenters. The standard InChI is InChI=1S/C88H104O7/c1-57(20-17-25-58-21-7-4-8-22-58)48-63-32-35-65-34-31-60(49-59-23-9-5-10-24-59)52-85(65)44-19-40-81(2)54-72(95-80(85)92)78-82(3,45-39-73(89)88(78,79(63)91)87(81,93)47-37-61-50-74(90)94-55-61)66-38-46-86-56-83(41-15-16-42-83)71-53-84(64-27-11-6-12-28-64)43-14-13-30-69(84)68-36-33-62-26-18-29-67(70(86)51-66)75(62)76(68)77(71)86/h4-12,18,21-24,26-29,32-33,35-36,50,57,60,63,65-66,69-73,77-79,89,91,93H,13-17,20,25,30-31,34,37-39,41-49,51-56H2,1-3H3. The third kappa shape index (κ3) is 9.39. The minimum absolute atomic E-state index is 0.0555. The smallest absolute Gasteiger partial charge is 0.331 e. The Hall–Kier alpha value is -5.78. The van der Waals surface area contributed by atoms with Gasteiger partial charge in [-0.2, -0.15) is 0 Å². The zero-order chi connectivity index (χ0) is 64.7. The quantitative estimate of drug-likeness (QED) is 0.0611. The number of allylic oxidation sites excluding steroid dienone is 1. The second kappa shape index (κ2) is 23.4. The average molecular weight is 1270 g/mol. The first-order chi connectivity index (χ1) is 46.1. The van der Waals surface area contributed by atoms with Crippen LogP contribution in [-0.2, 0) is 37.3 Å². The number of hydrogen-bond donors (Lipinski definition) is 3. The second-order valence-corrected chi connectivity index (χ2v) is 34.6. The molecule has 7 nitrogen and oxygen atoms in total. The van der Waals surface area contributed by atoms with Crippen LogP contribution in [0.15, 0.2) is 145 Å². The first-order valence-corrected chi connectivity index (χ1v) is 38.1. The van der Waals surface area contributed by atoms with E-state index in [1.807, 2.05) is 0 Å². The largest absolute Gasteiger partial charge is 0.462 e. The molecule has 3 heterocycles. The van der Waals surface area contributed by atoms with Gasteiger partial charge in [0.15, 0.2) is 0 Å². The molecule has 3 spiro atoms. The Morgan fingerprint density at radius 1 is 0.705 bits per heavy atom. The number of aliphatic hydroxyl groups is 3. The maximum Gasteiger partial charge on any atom is 0.331 e. The van der Waals surface area contributed by atoms with E-state index in [2.05, 4.69) is 166 Å². The summed E-state index contributed by atoms with van der Waals surface area (Å²) in [5.41, 5.74) is 4.04. The number of rotatable bonds is 13. The summed E-state index contributed by atoms with van der Waals surface area (Å²) in [4.78, 5) is 29.7. The maximum absolute atomic E-state index is 16.7. The Morgan fingerprint density at radius 3 is 2.25 bits per heavy atom. The number of esters is 2. The van der Waals surface area contributed by atoms with Crippen molar-refractivity contribution >= 4 is 22.7 Å². The molecule has 7 fully saturated rings. The van der Waals surface area contributed by atoms with Crippen molar-refractivity contribution in [1.82, 2.24) is 0 Å². The Morgan fingerprint density at radius 2 is 1.47 bits per heavy atom. The lowest BCUT2D eigenvalue weighted by atomic mass is 9.34. The van der Waals surface area contributed by atoms with Gasteiger partial charge in [0.05, 0.1) is 34.1 Å². The third-order valence-corrected chi connectivity index (χ3v) is 30.5. The van der Waals surface area contributed by atoms with Crippen LogP contribution in [0.2, 0.25) is 0 Å². The van der Waals surface area contributed by atoms with Gasteiger partial charge >= 0.3 is 11.9 Å². The summed E-state index contributed by atoms with van der Waals surface area (Å²) in [6.45, 7) is 7.08. The van der Waals surface area contributed by atoms with Crippen LogP contribution in [0, 0.1) is 85.8 Å². The zero-order valence-electron chi connectivity index (χ0n) is 57.1. The third-order valence-electron chi connectivity index (χ3n) is 30.5. The molecule has 0 saturated heterocycles. The monoisotopic (exact) mass is 1270 g/mol. The Kier molecular flexibility index (Phi) is 15.5. The lowest BCUT2D eigenvalue weighted by molar-refractivity contribution is -0.343. The van der Waals surface area contributed by atoms with Crippen molar-refractivity contribution in [3.63, 3.8) is 0 Å². The van der Waals surface area contributed by atoms with Crippen LogP contribution in [0.3, 0.4) is 0 Å². The van der Waals surface area contributed by atoms with E-state index in [1.54, 1.807) is 33.7 Å². The Labute approximate surface area is 566 Å². The molecule has 5 aromatic rings. The number of fused-ring (bicyclic) bond motifs is 6. The molecule has 0 radical (unpaired) electrons. The SMILES string of the molecule is CC(CCCc1ccccc1)CC1C=CC2CCC(Cc3ccccc3)CC23CC#CC2(C)CC(OC3=O)C3C(C)(C4CCC56CC7(CCCC7)C7CC8(c9ccccc9)CCCCC8c8ccc9cccc(c9c8C75)C6C4)CCC(O)C3(C1O)C2(O)CCC1=CC(=O)OC1. The van der Waals surface area contributed by atoms with Gasteiger partial charge in [-0.3, -0.25) is 4.79 Å². The Balaban J connectivity index is 0.836. The van der Waals surface area contributed by atoms with Gasteiger partial charge in [0.2, 0.25) is 0 Å². The van der Waals surface area contributed by atoms with E-state index in [0.29, 0.717) is 56.3 Å². The molecular weight excluding hydrogens is 1170 g/mol. The molecule has 17 rings (SSSR count). The van der Waals surface area contributed by atoms with Gasteiger partial charge in [-0.15, -0.1) is 5.92 Å². The first kappa shape index (κ1) is 62.7. The maximum atomic E-state index is 16.7. The molecule has 4 bridgehead atoms. The fourth-order valence-corrected chi connectivity index (χ4v) is 26.5. The van der Waals surface area contributed by atoms with Crippen molar-refractivity contribution in [2.75, 3.05) is 6.61 Å². The van der Waals surface area contributed by atoms with E-state index in [9.17, 15) is 15.0 Å². The predicted octanol–water partition coefficient (Wildman–Crippen LogP) is 18.1. The highest BCUT2D eigenvalue weighted by Crippen LogP contribution is 2.82. The summed E-state index contributed by atoms with van der Waals surface area (Å²) in [7, 11) is 0. The number of aryl methyl sites for hydroxylation is 1. The summed E-state index contributed by atoms with van der Waals surface area (Å²) in [5, 5.41) is 47.5. The van der Waals surface area contributed by atoms with Crippen molar-refractivity contribution in [3.8, 4) is 11.8 Å². The minimum atomic E-state index is -1.82. The summed E-state index contributed by atoms with van der Waals surface area (Å²) in [6.07, 6.45) is 28.0. The summed E-state index contributed by atoms with van der Waals surface area (Å²) in [5.74, 6) is 8.09. The van der Waals surface area contributed by atoms with Gasteiger partial charge < -0.3 is 24.8 Å². The normalized spacial score (nSPS) is 41.1. The fourth-order valence-electron chi connectivity index (χ4n) is 26.5. The number of carbonyl (C=O) groups is 2. The predicted molar refractivity (Wildman–Crippen MR) is 375 cm³/mol. The van der Waals surface area contributed by atoms with Crippen LogP contribution in [-0.4, -0.2) is 57.8 Å². The fraction of sp³-hybridized carbons (Fsp3) is 0.591. The number of hydrogen-bond acceptors (Lipinski definition) is 7. The molecule has 7 heteroatoms. The van der Waals surface area contributed by atoms with E-state index in [1.165, 1.54) is 80.7 Å². The zero-order valence-corrected chi connectivity index (χ0v) is 57.1. The van der Waals surface area contributed by atoms with E-state index in [-0.39, 0.29) is 77.2 Å². The summed E-state index contributed by atoms with van der Waals surface area (Å²) >= 11 is 0.